The van der Waals surface area contributed by atoms with Crippen LogP contribution < -0.4 is 10.9 Å². The first kappa shape index (κ1) is 31.3. The molecule has 1 aliphatic carbocycles. The maximum Gasteiger partial charge on any atom is 0.252 e. The Kier molecular flexibility index (Phi) is 9.54. The summed E-state index contributed by atoms with van der Waals surface area (Å²) in [5, 5.41) is 3.45. The van der Waals surface area contributed by atoms with E-state index in [0.29, 0.717) is 31.3 Å². The number of morpholine rings is 1. The summed E-state index contributed by atoms with van der Waals surface area (Å²) < 4.78 is 18.5. The number of ether oxygens (including phenoxy) is 3. The van der Waals surface area contributed by atoms with Crippen LogP contribution in [0.25, 0.3) is 0 Å². The van der Waals surface area contributed by atoms with Crippen molar-refractivity contribution in [1.29, 1.82) is 0 Å². The first-order valence-electron chi connectivity index (χ1n) is 16.0. The number of aromatic amines is 1. The average molecular weight is 584 g/mol. The Bertz CT molecular complexity index is 1200. The fourth-order valence-corrected chi connectivity index (χ4v) is 8.17. The van der Waals surface area contributed by atoms with E-state index in [1.165, 1.54) is 17.8 Å². The quantitative estimate of drug-likeness (QED) is 0.300. The van der Waals surface area contributed by atoms with Gasteiger partial charge in [-0.15, -0.1) is 0 Å². The highest BCUT2D eigenvalue weighted by atomic mass is 16.5. The van der Waals surface area contributed by atoms with Gasteiger partial charge in [-0.05, 0) is 85.1 Å². The lowest BCUT2D eigenvalue weighted by Crippen LogP contribution is -2.69. The van der Waals surface area contributed by atoms with Crippen molar-refractivity contribution in [2.24, 2.45) is 5.92 Å². The second-order valence-electron chi connectivity index (χ2n) is 12.9. The van der Waals surface area contributed by atoms with E-state index in [-0.39, 0.29) is 11.1 Å². The molecule has 0 aromatic carbocycles. The van der Waals surface area contributed by atoms with E-state index in [9.17, 15) is 4.79 Å². The molecule has 0 bridgehead atoms. The highest BCUT2D eigenvalue weighted by Gasteiger charge is 2.65. The average Bonchev–Trinajstić information content (AvgIpc) is 3.11. The van der Waals surface area contributed by atoms with E-state index in [2.05, 4.69) is 59.3 Å². The molecule has 0 amide bonds. The molecule has 9 heteroatoms. The summed E-state index contributed by atoms with van der Waals surface area (Å²) in [5.41, 5.74) is 2.93. The molecule has 4 atom stereocenters. The van der Waals surface area contributed by atoms with E-state index < -0.39 is 5.60 Å². The van der Waals surface area contributed by atoms with Gasteiger partial charge in [0, 0.05) is 74.2 Å². The van der Waals surface area contributed by atoms with E-state index in [4.69, 9.17) is 14.2 Å². The van der Waals surface area contributed by atoms with Crippen molar-refractivity contribution in [1.82, 2.24) is 25.0 Å². The van der Waals surface area contributed by atoms with Gasteiger partial charge in [0.15, 0.2) is 0 Å². The number of hydrogen-bond donors (Lipinski definition) is 2. The lowest BCUT2D eigenvalue weighted by molar-refractivity contribution is -0.148. The van der Waals surface area contributed by atoms with E-state index in [0.717, 1.165) is 82.1 Å². The zero-order chi connectivity index (χ0) is 30.1. The molecule has 2 saturated heterocycles. The largest absolute Gasteiger partial charge is 0.381 e. The zero-order valence-corrected chi connectivity index (χ0v) is 26.8. The third-order valence-electron chi connectivity index (χ3n) is 10.9. The molecule has 1 aromatic rings. The number of rotatable bonds is 11. The second-order valence-corrected chi connectivity index (χ2v) is 12.9. The Balaban J connectivity index is 1.46. The van der Waals surface area contributed by atoms with E-state index in [1.54, 1.807) is 0 Å². The molecule has 1 aromatic heterocycles. The normalized spacial score (nSPS) is 31.0. The van der Waals surface area contributed by atoms with E-state index >= 15 is 0 Å². The van der Waals surface area contributed by atoms with Crippen LogP contribution in [0.15, 0.2) is 35.0 Å². The summed E-state index contributed by atoms with van der Waals surface area (Å²) in [6.45, 7) is 24.4. The van der Waals surface area contributed by atoms with Crippen molar-refractivity contribution in [3.8, 4) is 0 Å². The number of aromatic nitrogens is 1. The Morgan fingerprint density at radius 2 is 1.81 bits per heavy atom. The summed E-state index contributed by atoms with van der Waals surface area (Å²) >= 11 is 0. The van der Waals surface area contributed by atoms with Gasteiger partial charge >= 0.3 is 0 Å². The Morgan fingerprint density at radius 1 is 1.12 bits per heavy atom. The van der Waals surface area contributed by atoms with E-state index in [1.807, 2.05) is 26.1 Å². The Hall–Kier alpha value is -2.17. The van der Waals surface area contributed by atoms with Crippen molar-refractivity contribution in [3.63, 3.8) is 0 Å². The highest BCUT2D eigenvalue weighted by molar-refractivity contribution is 5.40. The van der Waals surface area contributed by atoms with Crippen molar-refractivity contribution in [3.05, 3.63) is 57.4 Å². The van der Waals surface area contributed by atoms with Crippen molar-refractivity contribution in [2.75, 3.05) is 52.8 Å². The van der Waals surface area contributed by atoms with Gasteiger partial charge in [-0.2, -0.15) is 0 Å². The molecule has 42 heavy (non-hydrogen) atoms. The number of pyridine rings is 1. The molecular formula is C33H53N5O4. The van der Waals surface area contributed by atoms with Gasteiger partial charge in [-0.3, -0.25) is 15.0 Å². The fourth-order valence-electron chi connectivity index (χ4n) is 8.17. The lowest BCUT2D eigenvalue weighted by Gasteiger charge is -2.59. The first-order chi connectivity index (χ1) is 20.2. The van der Waals surface area contributed by atoms with Crippen LogP contribution in [0.4, 0.5) is 0 Å². The summed E-state index contributed by atoms with van der Waals surface area (Å²) in [6.07, 6.45) is 6.44. The second kappa shape index (κ2) is 12.8. The highest BCUT2D eigenvalue weighted by Crippen LogP contribution is 2.57. The summed E-state index contributed by atoms with van der Waals surface area (Å²) in [4.78, 5) is 23.3. The number of nitrogens with zero attached hydrogens (tertiary/aromatic N) is 3. The number of nitrogens with one attached hydrogen (secondary N) is 2. The predicted octanol–water partition coefficient (Wildman–Crippen LogP) is 3.88. The van der Waals surface area contributed by atoms with Crippen molar-refractivity contribution >= 4 is 0 Å². The van der Waals surface area contributed by atoms with Crippen molar-refractivity contribution < 1.29 is 14.2 Å². The molecule has 9 nitrogen and oxygen atoms in total. The maximum absolute atomic E-state index is 12.6. The fraction of sp³-hybridized carbons (Fsp3) is 0.727. The van der Waals surface area contributed by atoms with Crippen LogP contribution in [-0.2, 0) is 20.8 Å². The third kappa shape index (κ3) is 5.36. The molecule has 2 N–H and O–H groups in total. The molecule has 0 radical (unpaired) electrons. The summed E-state index contributed by atoms with van der Waals surface area (Å²) in [6, 6.07) is 2.93. The maximum atomic E-state index is 12.6. The molecular weight excluding hydrogens is 530 g/mol. The van der Waals surface area contributed by atoms with Gasteiger partial charge in [0.05, 0.1) is 25.5 Å². The van der Waals surface area contributed by atoms with Gasteiger partial charge in [0.1, 0.15) is 11.4 Å². The van der Waals surface area contributed by atoms with Crippen LogP contribution in [-0.4, -0.2) is 95.7 Å². The molecule has 5 rings (SSSR count). The molecule has 1 saturated carbocycles. The molecule has 1 unspecified atom stereocenters. The topological polar surface area (TPSA) is 82.3 Å². The summed E-state index contributed by atoms with van der Waals surface area (Å²) in [5.74, 6) is 1.64. The minimum absolute atomic E-state index is 0.0361. The number of H-pyrrole nitrogens is 1. The number of aryl methyl sites for hydroxylation is 2. The zero-order valence-electron chi connectivity index (χ0n) is 26.8. The van der Waals surface area contributed by atoms with Crippen LogP contribution in [0, 0.1) is 19.8 Å². The van der Waals surface area contributed by atoms with Crippen LogP contribution in [0.1, 0.15) is 70.2 Å². The van der Waals surface area contributed by atoms with Crippen LogP contribution in [0.3, 0.4) is 0 Å². The van der Waals surface area contributed by atoms with Gasteiger partial charge in [0.25, 0.3) is 5.56 Å². The van der Waals surface area contributed by atoms with Crippen LogP contribution in [0.2, 0.25) is 0 Å². The molecule has 3 aliphatic heterocycles. The van der Waals surface area contributed by atoms with Crippen LogP contribution >= 0.6 is 0 Å². The molecule has 3 fully saturated rings. The van der Waals surface area contributed by atoms with Crippen LogP contribution in [0.5, 0.6) is 0 Å². The van der Waals surface area contributed by atoms with Gasteiger partial charge in [0.2, 0.25) is 0 Å². The Morgan fingerprint density at radius 3 is 2.40 bits per heavy atom. The standard InChI is InChI=1S/C33H53N5O4/c1-8-37(26-12-16-40-17-13-26)31-25(5)33(7,42-22-34-21-27-23(3)20-24(4)35-30(27)39)32(6,38(31)9-2)28-10-11-29(28)36-14-18-41-19-15-36/h9,20,26,28-29,34H,2,8,10-19,21-22H2,1,3-7H3,(H,35,39)/t28-,29-,32-,33?/m1/s1. The lowest BCUT2D eigenvalue weighted by atomic mass is 9.60. The minimum atomic E-state index is -0.577. The third-order valence-corrected chi connectivity index (χ3v) is 10.9. The molecule has 234 valence electrons. The molecule has 4 heterocycles. The SMILES string of the molecule is C=CN1C(N(CC)C2CCOCC2)=C(C)C(C)(OCNCc2c(C)cc(C)[nH]c2=O)[C@@]1(C)[C@@H]1CC[C@H]1N1CCOCC1. The smallest absolute Gasteiger partial charge is 0.252 e. The monoisotopic (exact) mass is 583 g/mol. The van der Waals surface area contributed by atoms with Gasteiger partial charge < -0.3 is 29.0 Å². The van der Waals surface area contributed by atoms with Gasteiger partial charge in [-0.1, -0.05) is 6.58 Å². The van der Waals surface area contributed by atoms with Gasteiger partial charge in [-0.25, -0.2) is 0 Å². The summed E-state index contributed by atoms with van der Waals surface area (Å²) in [7, 11) is 0. The molecule has 0 spiro atoms. The predicted molar refractivity (Wildman–Crippen MR) is 166 cm³/mol. The Labute approximate surface area is 252 Å². The first-order valence-corrected chi connectivity index (χ1v) is 16.0. The van der Waals surface area contributed by atoms with Crippen molar-refractivity contribution in [2.45, 2.75) is 97.0 Å². The minimum Gasteiger partial charge on any atom is -0.381 e. The number of hydrogen-bond acceptors (Lipinski definition) is 8. The molecule has 4 aliphatic rings.